The molecule has 4 aromatic rings. The number of hydrogen-bond acceptors (Lipinski definition) is 4. The van der Waals surface area contributed by atoms with E-state index >= 15 is 0 Å². The van der Waals surface area contributed by atoms with E-state index in [0.29, 0.717) is 17.7 Å². The zero-order valence-corrected chi connectivity index (χ0v) is 18.1. The number of aromatic amines is 1. The van der Waals surface area contributed by atoms with Gasteiger partial charge in [0, 0.05) is 66.1 Å². The van der Waals surface area contributed by atoms with E-state index < -0.39 is 0 Å². The molecular formula is C25H25N5O2. The number of nitrogens with two attached hydrogens (primary N) is 1. The van der Waals surface area contributed by atoms with Gasteiger partial charge in [-0.15, -0.1) is 0 Å². The molecule has 1 aliphatic heterocycles. The first-order chi connectivity index (χ1) is 15.5. The summed E-state index contributed by atoms with van der Waals surface area (Å²) < 4.78 is 2.13. The number of fused-ring (bicyclic) bond motifs is 2. The largest absolute Gasteiger partial charge is 0.378 e. The van der Waals surface area contributed by atoms with Crippen LogP contribution in [0, 0.1) is 0 Å². The van der Waals surface area contributed by atoms with Crippen LogP contribution in [0.2, 0.25) is 0 Å². The molecule has 0 bridgehead atoms. The second kappa shape index (κ2) is 7.69. The molecule has 2 aromatic heterocycles. The fraction of sp³-hybridized carbons (Fsp3) is 0.200. The van der Waals surface area contributed by atoms with Gasteiger partial charge in [0.2, 0.25) is 0 Å². The first-order valence-electron chi connectivity index (χ1n) is 10.7. The van der Waals surface area contributed by atoms with Gasteiger partial charge in [-0.1, -0.05) is 24.3 Å². The maximum atomic E-state index is 13.0. The third-order valence-electron chi connectivity index (χ3n) is 6.04. The number of amides is 2. The lowest BCUT2D eigenvalue weighted by Crippen LogP contribution is -2.22. The molecule has 0 aliphatic carbocycles. The first-order valence-corrected chi connectivity index (χ1v) is 10.7. The van der Waals surface area contributed by atoms with Crippen LogP contribution in [0.15, 0.2) is 54.9 Å². The van der Waals surface area contributed by atoms with Gasteiger partial charge >= 0.3 is 0 Å². The van der Waals surface area contributed by atoms with Crippen LogP contribution in [0.5, 0.6) is 0 Å². The van der Waals surface area contributed by atoms with Crippen LogP contribution in [0.25, 0.3) is 33.0 Å². The van der Waals surface area contributed by atoms with Crippen LogP contribution in [0.4, 0.5) is 5.69 Å². The molecule has 5 rings (SSSR count). The molecular weight excluding hydrogens is 402 g/mol. The van der Waals surface area contributed by atoms with Gasteiger partial charge in [-0.2, -0.15) is 0 Å². The van der Waals surface area contributed by atoms with Crippen molar-refractivity contribution in [3.8, 4) is 0 Å². The van der Waals surface area contributed by atoms with Gasteiger partial charge in [-0.05, 0) is 31.2 Å². The molecule has 0 unspecified atom stereocenters. The van der Waals surface area contributed by atoms with Crippen molar-refractivity contribution in [1.82, 2.24) is 14.9 Å². The number of nitrogens with one attached hydrogen (secondary N) is 2. The number of nitrogens with zero attached hydrogens (tertiary/aromatic N) is 2. The molecule has 0 saturated heterocycles. The highest BCUT2D eigenvalue weighted by Crippen LogP contribution is 2.39. The zero-order valence-electron chi connectivity index (χ0n) is 18.1. The summed E-state index contributed by atoms with van der Waals surface area (Å²) in [6.45, 7) is 1.31. The Balaban J connectivity index is 1.78. The number of H-pyrrole nitrogens is 1. The number of aromatic nitrogens is 2. The quantitative estimate of drug-likeness (QED) is 0.412. The van der Waals surface area contributed by atoms with E-state index in [2.05, 4.69) is 20.9 Å². The van der Waals surface area contributed by atoms with Gasteiger partial charge in [0.15, 0.2) is 0 Å². The summed E-state index contributed by atoms with van der Waals surface area (Å²) in [5, 5.41) is 4.36. The van der Waals surface area contributed by atoms with E-state index in [4.69, 9.17) is 5.73 Å². The number of aryl methyl sites for hydroxylation is 1. The molecule has 4 N–H and O–H groups in total. The molecule has 0 spiro atoms. The highest BCUT2D eigenvalue weighted by Gasteiger charge is 2.35. The summed E-state index contributed by atoms with van der Waals surface area (Å²) >= 11 is 0. The maximum absolute atomic E-state index is 13.0. The Morgan fingerprint density at radius 2 is 1.72 bits per heavy atom. The molecule has 0 saturated carbocycles. The maximum Gasteiger partial charge on any atom is 0.259 e. The molecule has 0 radical (unpaired) electrons. The van der Waals surface area contributed by atoms with Gasteiger partial charge in [0.1, 0.15) is 0 Å². The van der Waals surface area contributed by atoms with E-state index in [1.165, 1.54) is 0 Å². The summed E-state index contributed by atoms with van der Waals surface area (Å²) in [6.07, 6.45) is 4.59. The SMILES string of the molecule is CN(C)c1ccc2c(C3=C(c4c[nH]c5ccccc45)C(=O)NC3=O)cn(CCCN)c2c1. The van der Waals surface area contributed by atoms with E-state index in [0.717, 1.165) is 51.6 Å². The third-order valence-corrected chi connectivity index (χ3v) is 6.04. The highest BCUT2D eigenvalue weighted by atomic mass is 16.2. The van der Waals surface area contributed by atoms with Crippen molar-refractivity contribution >= 4 is 50.5 Å². The lowest BCUT2D eigenvalue weighted by molar-refractivity contribution is -0.122. The van der Waals surface area contributed by atoms with Gasteiger partial charge < -0.3 is 20.2 Å². The normalized spacial score (nSPS) is 14.1. The number of anilines is 1. The number of benzene rings is 2. The Morgan fingerprint density at radius 3 is 2.47 bits per heavy atom. The van der Waals surface area contributed by atoms with Crippen molar-refractivity contribution in [1.29, 1.82) is 0 Å². The Kier molecular flexibility index (Phi) is 4.83. The first kappa shape index (κ1) is 20.1. The summed E-state index contributed by atoms with van der Waals surface area (Å²) in [7, 11) is 3.99. The summed E-state index contributed by atoms with van der Waals surface area (Å²) in [5.74, 6) is -0.743. The second-order valence-electron chi connectivity index (χ2n) is 8.26. The van der Waals surface area contributed by atoms with Gasteiger partial charge in [0.25, 0.3) is 11.8 Å². The molecule has 0 fully saturated rings. The standard InChI is InChI=1S/C25H25N5O2/c1-29(2)15-8-9-17-19(14-30(11-5-10-26)21(17)12-15)23-22(24(31)28-25(23)32)18-13-27-20-7-4-3-6-16(18)20/h3-4,6-9,12-14,27H,5,10-11,26H2,1-2H3,(H,28,31,32). The Labute approximate surface area is 185 Å². The minimum absolute atomic E-state index is 0.371. The van der Waals surface area contributed by atoms with Crippen molar-refractivity contribution in [2.45, 2.75) is 13.0 Å². The van der Waals surface area contributed by atoms with E-state index in [1.54, 1.807) is 6.20 Å². The minimum atomic E-state index is -0.373. The van der Waals surface area contributed by atoms with Gasteiger partial charge in [0.05, 0.1) is 16.7 Å². The monoisotopic (exact) mass is 427 g/mol. The van der Waals surface area contributed by atoms with E-state index in [-0.39, 0.29) is 11.8 Å². The number of carbonyl (C=O) groups is 2. The summed E-state index contributed by atoms with van der Waals surface area (Å²) in [5.41, 5.74) is 11.1. The summed E-state index contributed by atoms with van der Waals surface area (Å²) in [4.78, 5) is 31.2. The fourth-order valence-corrected chi connectivity index (χ4v) is 4.45. The number of rotatable bonds is 6. The Morgan fingerprint density at radius 1 is 0.969 bits per heavy atom. The average Bonchev–Trinajstić information content (AvgIpc) is 3.44. The van der Waals surface area contributed by atoms with Crippen molar-refractivity contribution in [2.75, 3.05) is 25.5 Å². The zero-order chi connectivity index (χ0) is 22.4. The second-order valence-corrected chi connectivity index (χ2v) is 8.26. The topological polar surface area (TPSA) is 96.1 Å². The Hall–Kier alpha value is -3.84. The van der Waals surface area contributed by atoms with E-state index in [1.807, 2.05) is 61.6 Å². The van der Waals surface area contributed by atoms with E-state index in [9.17, 15) is 9.59 Å². The molecule has 1 aliphatic rings. The van der Waals surface area contributed by atoms with Crippen molar-refractivity contribution in [3.05, 3.63) is 66.0 Å². The van der Waals surface area contributed by atoms with Crippen LogP contribution in [0.1, 0.15) is 17.5 Å². The van der Waals surface area contributed by atoms with Crippen LogP contribution in [-0.2, 0) is 16.1 Å². The van der Waals surface area contributed by atoms with Gasteiger partial charge in [-0.3, -0.25) is 14.9 Å². The van der Waals surface area contributed by atoms with Crippen molar-refractivity contribution in [2.24, 2.45) is 5.73 Å². The Bertz CT molecular complexity index is 1410. The molecule has 32 heavy (non-hydrogen) atoms. The minimum Gasteiger partial charge on any atom is -0.378 e. The number of carbonyl (C=O) groups excluding carboxylic acids is 2. The number of imide groups is 1. The molecule has 7 heteroatoms. The molecule has 0 atom stereocenters. The smallest absolute Gasteiger partial charge is 0.259 e. The summed E-state index contributed by atoms with van der Waals surface area (Å²) in [6, 6.07) is 13.9. The lowest BCUT2D eigenvalue weighted by atomic mass is 9.95. The van der Waals surface area contributed by atoms with Crippen LogP contribution in [-0.4, -0.2) is 42.0 Å². The highest BCUT2D eigenvalue weighted by molar-refractivity contribution is 6.50. The number of para-hydroxylation sites is 1. The van der Waals surface area contributed by atoms with Crippen LogP contribution in [0.3, 0.4) is 0 Å². The number of hydrogen-bond donors (Lipinski definition) is 3. The van der Waals surface area contributed by atoms with Gasteiger partial charge in [-0.25, -0.2) is 0 Å². The molecule has 2 amide bonds. The lowest BCUT2D eigenvalue weighted by Gasteiger charge is -2.13. The predicted octanol–water partition coefficient (Wildman–Crippen LogP) is 3.10. The molecule has 7 nitrogen and oxygen atoms in total. The molecule has 3 heterocycles. The van der Waals surface area contributed by atoms with Crippen LogP contribution >= 0.6 is 0 Å². The van der Waals surface area contributed by atoms with Crippen molar-refractivity contribution in [3.63, 3.8) is 0 Å². The predicted molar refractivity (Wildman–Crippen MR) is 128 cm³/mol. The average molecular weight is 428 g/mol. The van der Waals surface area contributed by atoms with Crippen molar-refractivity contribution < 1.29 is 9.59 Å². The molecule has 2 aromatic carbocycles. The fourth-order valence-electron chi connectivity index (χ4n) is 4.45. The third kappa shape index (κ3) is 3.09. The molecule has 162 valence electrons. The van der Waals surface area contributed by atoms with Crippen LogP contribution < -0.4 is 16.0 Å².